The highest BCUT2D eigenvalue weighted by Crippen LogP contribution is 2.25. The van der Waals surface area contributed by atoms with Gasteiger partial charge in [-0.15, -0.1) is 0 Å². The molecule has 0 aromatic heterocycles. The summed E-state index contributed by atoms with van der Waals surface area (Å²) in [4.78, 5) is 12.2. The number of nitrogens with one attached hydrogen (secondary N) is 1. The fraction of sp³-hybridized carbons (Fsp3) is 0.250. The van der Waals surface area contributed by atoms with E-state index in [1.54, 1.807) is 0 Å². The van der Waals surface area contributed by atoms with Gasteiger partial charge in [-0.1, -0.05) is 36.4 Å². The second-order valence-electron chi connectivity index (χ2n) is 5.76. The minimum absolute atomic E-state index is 0.0383. The van der Waals surface area contributed by atoms with Crippen LogP contribution in [0.1, 0.15) is 17.5 Å². The van der Waals surface area contributed by atoms with Gasteiger partial charge in [0.25, 0.3) is 0 Å². The van der Waals surface area contributed by atoms with Crippen molar-refractivity contribution in [3.05, 3.63) is 71.3 Å². The highest BCUT2D eigenvalue weighted by molar-refractivity contribution is 5.93. The van der Waals surface area contributed by atoms with Crippen molar-refractivity contribution in [2.24, 2.45) is 0 Å². The van der Waals surface area contributed by atoms with Crippen LogP contribution in [0.5, 0.6) is 11.5 Å². The average Bonchev–Trinajstić information content (AvgIpc) is 2.61. The molecule has 0 bridgehead atoms. The van der Waals surface area contributed by atoms with E-state index < -0.39 is 0 Å². The first-order chi connectivity index (χ1) is 11.7. The van der Waals surface area contributed by atoms with Gasteiger partial charge in [0.2, 0.25) is 5.91 Å². The topological polar surface area (TPSA) is 47.6 Å². The first-order valence-electron chi connectivity index (χ1n) is 8.10. The van der Waals surface area contributed by atoms with Crippen molar-refractivity contribution < 1.29 is 14.3 Å². The van der Waals surface area contributed by atoms with E-state index in [1.165, 1.54) is 0 Å². The van der Waals surface area contributed by atoms with E-state index in [9.17, 15) is 4.79 Å². The Bertz CT molecular complexity index is 752. The molecule has 0 spiro atoms. The molecular formula is C20H21NO3. The van der Waals surface area contributed by atoms with Crippen LogP contribution >= 0.6 is 0 Å². The number of benzene rings is 2. The van der Waals surface area contributed by atoms with Crippen LogP contribution in [-0.4, -0.2) is 19.1 Å². The molecule has 1 amide bonds. The molecular weight excluding hydrogens is 302 g/mol. The summed E-state index contributed by atoms with van der Waals surface area (Å²) < 4.78 is 11.2. The Hall–Kier alpha value is -2.59. The Morgan fingerprint density at radius 3 is 2.88 bits per heavy atom. The van der Waals surface area contributed by atoms with Gasteiger partial charge < -0.3 is 14.8 Å². The second kappa shape index (κ2) is 7.79. The molecule has 0 radical (unpaired) electrons. The van der Waals surface area contributed by atoms with Gasteiger partial charge in [0.1, 0.15) is 11.5 Å². The predicted octanol–water partition coefficient (Wildman–Crippen LogP) is 3.75. The van der Waals surface area contributed by atoms with E-state index in [0.29, 0.717) is 26.2 Å². The van der Waals surface area contributed by atoms with Crippen LogP contribution in [0.25, 0.3) is 0 Å². The lowest BCUT2D eigenvalue weighted by atomic mass is 10.1. The number of hydrogen-bond donors (Lipinski definition) is 1. The molecule has 2 aromatic rings. The molecule has 0 aliphatic carbocycles. The minimum atomic E-state index is -0.0383. The third-order valence-electron chi connectivity index (χ3n) is 3.88. The summed E-state index contributed by atoms with van der Waals surface area (Å²) in [6.45, 7) is 3.57. The van der Waals surface area contributed by atoms with Gasteiger partial charge in [0, 0.05) is 24.1 Å². The molecule has 2 aromatic carbocycles. The second-order valence-corrected chi connectivity index (χ2v) is 5.76. The van der Waals surface area contributed by atoms with Gasteiger partial charge >= 0.3 is 0 Å². The van der Waals surface area contributed by atoms with Crippen molar-refractivity contribution in [1.82, 2.24) is 5.32 Å². The van der Waals surface area contributed by atoms with Crippen molar-refractivity contribution >= 4 is 5.91 Å². The first kappa shape index (κ1) is 16.3. The first-order valence-corrected chi connectivity index (χ1v) is 8.10. The fourth-order valence-corrected chi connectivity index (χ4v) is 2.58. The molecule has 1 heterocycles. The van der Waals surface area contributed by atoms with Crippen LogP contribution in [0.4, 0.5) is 0 Å². The maximum Gasteiger partial charge on any atom is 0.247 e. The van der Waals surface area contributed by atoms with E-state index >= 15 is 0 Å². The summed E-state index contributed by atoms with van der Waals surface area (Å²) >= 11 is 0. The molecule has 1 N–H and O–H groups in total. The van der Waals surface area contributed by atoms with Gasteiger partial charge in [-0.05, 0) is 30.7 Å². The summed E-state index contributed by atoms with van der Waals surface area (Å²) in [6.07, 6.45) is 2.50. The lowest BCUT2D eigenvalue weighted by Crippen LogP contribution is -2.26. The lowest BCUT2D eigenvalue weighted by Gasteiger charge is -2.15. The maximum absolute atomic E-state index is 12.2. The maximum atomic E-state index is 12.2. The van der Waals surface area contributed by atoms with E-state index in [0.717, 1.165) is 28.2 Å². The molecule has 0 atom stereocenters. The zero-order valence-corrected chi connectivity index (χ0v) is 13.7. The van der Waals surface area contributed by atoms with Gasteiger partial charge in [-0.25, -0.2) is 0 Å². The molecule has 0 saturated carbocycles. The Morgan fingerprint density at radius 2 is 2.08 bits per heavy atom. The lowest BCUT2D eigenvalue weighted by molar-refractivity contribution is -0.118. The summed E-state index contributed by atoms with van der Waals surface area (Å²) in [5.74, 6) is 1.51. The molecule has 4 nitrogen and oxygen atoms in total. The fourth-order valence-electron chi connectivity index (χ4n) is 2.58. The molecule has 1 aliphatic rings. The Morgan fingerprint density at radius 1 is 1.21 bits per heavy atom. The summed E-state index contributed by atoms with van der Waals surface area (Å²) in [6, 6.07) is 15.7. The highest BCUT2D eigenvalue weighted by atomic mass is 16.5. The highest BCUT2D eigenvalue weighted by Gasteiger charge is 2.13. The van der Waals surface area contributed by atoms with E-state index in [1.807, 2.05) is 61.5 Å². The smallest absolute Gasteiger partial charge is 0.247 e. The van der Waals surface area contributed by atoms with Gasteiger partial charge in [0.15, 0.2) is 0 Å². The van der Waals surface area contributed by atoms with Crippen molar-refractivity contribution in [3.8, 4) is 11.5 Å². The van der Waals surface area contributed by atoms with Gasteiger partial charge in [-0.3, -0.25) is 4.79 Å². The summed E-state index contributed by atoms with van der Waals surface area (Å²) in [5, 5.41) is 2.96. The number of carbonyl (C=O) groups is 1. The minimum Gasteiger partial charge on any atom is -0.457 e. The number of para-hydroxylation sites is 1. The third kappa shape index (κ3) is 4.24. The van der Waals surface area contributed by atoms with Crippen molar-refractivity contribution in [2.45, 2.75) is 19.9 Å². The monoisotopic (exact) mass is 323 g/mol. The van der Waals surface area contributed by atoms with Gasteiger partial charge in [-0.2, -0.15) is 0 Å². The number of aryl methyl sites for hydroxylation is 1. The zero-order chi connectivity index (χ0) is 16.8. The number of hydrogen-bond acceptors (Lipinski definition) is 3. The molecule has 0 saturated heterocycles. The third-order valence-corrected chi connectivity index (χ3v) is 3.88. The Balaban J connectivity index is 1.68. The van der Waals surface area contributed by atoms with Crippen LogP contribution in [0, 0.1) is 6.92 Å². The molecule has 4 heteroatoms. The normalized spacial score (nSPS) is 14.0. The van der Waals surface area contributed by atoms with Crippen LogP contribution in [0.3, 0.4) is 0 Å². The zero-order valence-electron chi connectivity index (χ0n) is 13.7. The van der Waals surface area contributed by atoms with Crippen LogP contribution in [0.15, 0.2) is 60.2 Å². The largest absolute Gasteiger partial charge is 0.457 e. The van der Waals surface area contributed by atoms with Crippen molar-refractivity contribution in [3.63, 3.8) is 0 Å². The summed E-state index contributed by atoms with van der Waals surface area (Å²) in [5.41, 5.74) is 2.88. The number of ether oxygens (including phenoxy) is 2. The standard InChI is InChI=1S/C20H21NO3/c1-15-5-4-7-18(13-15)24-19-8-3-2-6-17(19)14-21-20(22)16-9-11-23-12-10-16/h2-9,13H,10-12,14H2,1H3,(H,21,22). The molecule has 24 heavy (non-hydrogen) atoms. The number of amides is 1. The average molecular weight is 323 g/mol. The van der Waals surface area contributed by atoms with Crippen LogP contribution in [0.2, 0.25) is 0 Å². The van der Waals surface area contributed by atoms with Crippen molar-refractivity contribution in [1.29, 1.82) is 0 Å². The van der Waals surface area contributed by atoms with E-state index in [4.69, 9.17) is 9.47 Å². The van der Waals surface area contributed by atoms with Crippen molar-refractivity contribution in [2.75, 3.05) is 13.2 Å². The Labute approximate surface area is 142 Å². The van der Waals surface area contributed by atoms with Gasteiger partial charge in [0.05, 0.1) is 13.2 Å². The number of rotatable bonds is 5. The van der Waals surface area contributed by atoms with E-state index in [2.05, 4.69) is 5.32 Å². The molecule has 124 valence electrons. The molecule has 1 aliphatic heterocycles. The number of carbonyl (C=O) groups excluding carboxylic acids is 1. The predicted molar refractivity (Wildman–Crippen MR) is 93.1 cm³/mol. The van der Waals surface area contributed by atoms with E-state index in [-0.39, 0.29) is 5.91 Å². The SMILES string of the molecule is Cc1cccc(Oc2ccccc2CNC(=O)C2=CCOCC2)c1. The molecule has 3 rings (SSSR count). The Kier molecular flexibility index (Phi) is 5.29. The van der Waals surface area contributed by atoms with Crippen LogP contribution in [-0.2, 0) is 16.1 Å². The van der Waals surface area contributed by atoms with Crippen LogP contribution < -0.4 is 10.1 Å². The summed E-state index contributed by atoms with van der Waals surface area (Å²) in [7, 11) is 0. The molecule has 0 unspecified atom stereocenters. The quantitative estimate of drug-likeness (QED) is 0.911. The molecule has 0 fully saturated rings.